The second kappa shape index (κ2) is 7.27. The van der Waals surface area contributed by atoms with Crippen LogP contribution >= 0.6 is 0 Å². The summed E-state index contributed by atoms with van der Waals surface area (Å²) < 4.78 is 0. The van der Waals surface area contributed by atoms with Crippen molar-refractivity contribution in [2.24, 2.45) is 0 Å². The highest BCUT2D eigenvalue weighted by Crippen LogP contribution is 2.08. The Hall–Kier alpha value is -2.10. The third-order valence-electron chi connectivity index (χ3n) is 2.50. The van der Waals surface area contributed by atoms with Gasteiger partial charge in [0.1, 0.15) is 0 Å². The number of benzene rings is 1. The second-order valence-electron chi connectivity index (χ2n) is 3.90. The molecule has 0 spiro atoms. The maximum absolute atomic E-state index is 11.0. The lowest BCUT2D eigenvalue weighted by Crippen LogP contribution is -2.16. The average molecular weight is 247 g/mol. The molecule has 1 aromatic rings. The Balaban J connectivity index is 2.44. The van der Waals surface area contributed by atoms with Crippen LogP contribution in [0.4, 0.5) is 0 Å². The van der Waals surface area contributed by atoms with Crippen LogP contribution in [0.15, 0.2) is 30.3 Å². The number of unbranched alkanes of at least 4 members (excludes halogenated alkanes) is 1. The van der Waals surface area contributed by atoms with E-state index in [1.807, 2.05) is 18.2 Å². The number of nitrogens with one attached hydrogen (secondary N) is 1. The topological polar surface area (TPSA) is 66.4 Å². The van der Waals surface area contributed by atoms with Gasteiger partial charge in [0.05, 0.1) is 5.56 Å². The van der Waals surface area contributed by atoms with Crippen molar-refractivity contribution in [2.75, 3.05) is 7.05 Å². The van der Waals surface area contributed by atoms with Crippen molar-refractivity contribution in [1.29, 1.82) is 0 Å². The number of allylic oxidation sites excluding steroid dienone is 1. The molecule has 0 aliphatic rings. The number of carboxylic acids is 1. The molecule has 0 aliphatic carbocycles. The smallest absolute Gasteiger partial charge is 0.335 e. The largest absolute Gasteiger partial charge is 0.478 e. The minimum atomic E-state index is -0.926. The number of carbonyl (C=O) groups is 2. The Kier molecular flexibility index (Phi) is 5.64. The van der Waals surface area contributed by atoms with Gasteiger partial charge in [0, 0.05) is 13.5 Å². The summed E-state index contributed by atoms with van der Waals surface area (Å²) in [5, 5.41) is 11.4. The first-order chi connectivity index (χ1) is 8.63. The van der Waals surface area contributed by atoms with E-state index in [0.29, 0.717) is 6.42 Å². The van der Waals surface area contributed by atoms with E-state index in [4.69, 9.17) is 5.11 Å². The van der Waals surface area contributed by atoms with Gasteiger partial charge in [-0.25, -0.2) is 4.79 Å². The van der Waals surface area contributed by atoms with Crippen LogP contribution in [-0.4, -0.2) is 24.0 Å². The van der Waals surface area contributed by atoms with Gasteiger partial charge in [0.25, 0.3) is 0 Å². The predicted octanol–water partition coefficient (Wildman–Crippen LogP) is 2.31. The number of hydrogen-bond acceptors (Lipinski definition) is 2. The van der Waals surface area contributed by atoms with E-state index in [2.05, 4.69) is 5.32 Å². The van der Waals surface area contributed by atoms with Gasteiger partial charge < -0.3 is 10.4 Å². The van der Waals surface area contributed by atoms with Gasteiger partial charge in [-0.3, -0.25) is 4.79 Å². The Labute approximate surface area is 106 Å². The number of aromatic carboxylic acids is 1. The zero-order chi connectivity index (χ0) is 13.4. The lowest BCUT2D eigenvalue weighted by atomic mass is 10.1. The van der Waals surface area contributed by atoms with E-state index in [-0.39, 0.29) is 11.5 Å². The Bertz CT molecular complexity index is 452. The molecule has 1 amide bonds. The van der Waals surface area contributed by atoms with Gasteiger partial charge in [-0.15, -0.1) is 0 Å². The second-order valence-corrected chi connectivity index (χ2v) is 3.90. The molecule has 4 heteroatoms. The maximum Gasteiger partial charge on any atom is 0.335 e. The molecular weight excluding hydrogens is 230 g/mol. The van der Waals surface area contributed by atoms with Crippen molar-refractivity contribution in [3.05, 3.63) is 41.5 Å². The lowest BCUT2D eigenvalue weighted by Gasteiger charge is -1.98. The summed E-state index contributed by atoms with van der Waals surface area (Å²) in [6.07, 6.45) is 5.91. The fourth-order valence-electron chi connectivity index (χ4n) is 1.50. The van der Waals surface area contributed by atoms with Crippen LogP contribution < -0.4 is 5.32 Å². The monoisotopic (exact) mass is 247 g/mol. The zero-order valence-corrected chi connectivity index (χ0v) is 10.3. The van der Waals surface area contributed by atoms with Crippen LogP contribution in [0, 0.1) is 0 Å². The summed E-state index contributed by atoms with van der Waals surface area (Å²) in [6.45, 7) is 0. The molecule has 0 fully saturated rings. The number of amides is 1. The van der Waals surface area contributed by atoms with Crippen LogP contribution in [0.2, 0.25) is 0 Å². The molecular formula is C14H17NO3. The summed E-state index contributed by atoms with van der Waals surface area (Å²) in [5.74, 6) is -0.888. The summed E-state index contributed by atoms with van der Waals surface area (Å²) in [5.41, 5.74) is 1.14. The molecule has 0 bridgehead atoms. The van der Waals surface area contributed by atoms with E-state index in [0.717, 1.165) is 18.4 Å². The highest BCUT2D eigenvalue weighted by atomic mass is 16.4. The van der Waals surface area contributed by atoms with Gasteiger partial charge in [0.2, 0.25) is 5.91 Å². The first-order valence-corrected chi connectivity index (χ1v) is 5.84. The highest BCUT2D eigenvalue weighted by molar-refractivity contribution is 5.88. The Morgan fingerprint density at radius 1 is 1.39 bits per heavy atom. The fourth-order valence-corrected chi connectivity index (χ4v) is 1.50. The molecule has 18 heavy (non-hydrogen) atoms. The molecule has 0 aliphatic heterocycles. The van der Waals surface area contributed by atoms with E-state index < -0.39 is 5.97 Å². The van der Waals surface area contributed by atoms with Crippen molar-refractivity contribution in [3.8, 4) is 0 Å². The molecule has 1 rings (SSSR count). The van der Waals surface area contributed by atoms with Crippen molar-refractivity contribution >= 4 is 18.0 Å². The third kappa shape index (κ3) is 4.82. The Morgan fingerprint density at radius 2 is 2.17 bits per heavy atom. The molecule has 1 aromatic carbocycles. The molecule has 4 nitrogen and oxygen atoms in total. The van der Waals surface area contributed by atoms with Crippen LogP contribution in [0.3, 0.4) is 0 Å². The minimum absolute atomic E-state index is 0.0382. The molecule has 0 saturated carbocycles. The summed E-state index contributed by atoms with van der Waals surface area (Å²) in [4.78, 5) is 21.7. The number of hydrogen-bond donors (Lipinski definition) is 2. The van der Waals surface area contributed by atoms with Crippen molar-refractivity contribution in [3.63, 3.8) is 0 Å². The molecule has 2 N–H and O–H groups in total. The molecule has 0 radical (unpaired) electrons. The van der Waals surface area contributed by atoms with Crippen molar-refractivity contribution in [2.45, 2.75) is 19.3 Å². The lowest BCUT2D eigenvalue weighted by molar-refractivity contribution is -0.120. The first kappa shape index (κ1) is 14.0. The number of carboxylic acid groups (broad SMARTS) is 1. The molecule has 0 atom stereocenters. The third-order valence-corrected chi connectivity index (χ3v) is 2.50. The molecule has 0 aromatic heterocycles. The maximum atomic E-state index is 11.0. The molecule has 0 saturated heterocycles. The SMILES string of the molecule is CNC(=O)CCC/C=C\c1cccc(C(=O)O)c1. The van der Waals surface area contributed by atoms with Crippen LogP contribution in [0.5, 0.6) is 0 Å². The first-order valence-electron chi connectivity index (χ1n) is 5.84. The zero-order valence-electron chi connectivity index (χ0n) is 10.3. The van der Waals surface area contributed by atoms with Gasteiger partial charge in [-0.05, 0) is 30.5 Å². The van der Waals surface area contributed by atoms with Crippen LogP contribution in [0.1, 0.15) is 35.2 Å². The van der Waals surface area contributed by atoms with Crippen LogP contribution in [-0.2, 0) is 4.79 Å². The number of rotatable bonds is 6. The van der Waals surface area contributed by atoms with Crippen molar-refractivity contribution in [1.82, 2.24) is 5.32 Å². The van der Waals surface area contributed by atoms with Gasteiger partial charge in [0.15, 0.2) is 0 Å². The summed E-state index contributed by atoms with van der Waals surface area (Å²) in [6, 6.07) is 6.75. The van der Waals surface area contributed by atoms with Gasteiger partial charge >= 0.3 is 5.97 Å². The predicted molar refractivity (Wildman–Crippen MR) is 70.4 cm³/mol. The minimum Gasteiger partial charge on any atom is -0.478 e. The quantitative estimate of drug-likeness (QED) is 0.758. The Morgan fingerprint density at radius 3 is 2.83 bits per heavy atom. The number of carbonyl (C=O) groups excluding carboxylic acids is 1. The van der Waals surface area contributed by atoms with Gasteiger partial charge in [-0.1, -0.05) is 24.3 Å². The normalized spacial score (nSPS) is 10.5. The van der Waals surface area contributed by atoms with Gasteiger partial charge in [-0.2, -0.15) is 0 Å². The van der Waals surface area contributed by atoms with E-state index >= 15 is 0 Å². The van der Waals surface area contributed by atoms with E-state index in [1.165, 1.54) is 0 Å². The summed E-state index contributed by atoms with van der Waals surface area (Å²) in [7, 11) is 1.62. The average Bonchev–Trinajstić information content (AvgIpc) is 2.38. The highest BCUT2D eigenvalue weighted by Gasteiger charge is 2.01. The fraction of sp³-hybridized carbons (Fsp3) is 0.286. The van der Waals surface area contributed by atoms with E-state index in [1.54, 1.807) is 25.2 Å². The molecule has 96 valence electrons. The van der Waals surface area contributed by atoms with Crippen LogP contribution in [0.25, 0.3) is 6.08 Å². The summed E-state index contributed by atoms with van der Waals surface area (Å²) >= 11 is 0. The molecule has 0 unspecified atom stereocenters. The standard InChI is InChI=1S/C14H17NO3/c1-15-13(16)9-4-2-3-6-11-7-5-8-12(10-11)14(17)18/h3,5-8,10H,2,4,9H2,1H3,(H,15,16)(H,17,18)/b6-3-. The van der Waals surface area contributed by atoms with Crippen molar-refractivity contribution < 1.29 is 14.7 Å². The molecule has 0 heterocycles. The van der Waals surface area contributed by atoms with E-state index in [9.17, 15) is 9.59 Å².